The normalized spacial score (nSPS) is 13.2. The fraction of sp³-hybridized carbons (Fsp3) is 0.200. The molecule has 0 spiro atoms. The lowest BCUT2D eigenvalue weighted by Gasteiger charge is -2.17. The number of amides is 1. The zero-order chi connectivity index (χ0) is 15.0. The van der Waals surface area contributed by atoms with E-state index in [4.69, 9.17) is 9.47 Å². The Labute approximate surface area is 121 Å². The van der Waals surface area contributed by atoms with Gasteiger partial charge in [0, 0.05) is 23.4 Å². The maximum atomic E-state index is 12.4. The summed E-state index contributed by atoms with van der Waals surface area (Å²) in [5.74, 6) is 1.03. The number of nitrogens with zero attached hydrogens (tertiary/aromatic N) is 2. The molecule has 0 saturated carbocycles. The van der Waals surface area contributed by atoms with Gasteiger partial charge >= 0.3 is 0 Å². The third-order valence-corrected chi connectivity index (χ3v) is 3.50. The van der Waals surface area contributed by atoms with E-state index in [0.717, 1.165) is 0 Å². The summed E-state index contributed by atoms with van der Waals surface area (Å²) in [6.07, 6.45) is 2.75. The third-order valence-electron chi connectivity index (χ3n) is 3.50. The van der Waals surface area contributed by atoms with Crippen LogP contribution in [0.2, 0.25) is 0 Å². The van der Waals surface area contributed by atoms with Gasteiger partial charge in [-0.05, 0) is 12.1 Å². The zero-order valence-corrected chi connectivity index (χ0v) is 11.7. The van der Waals surface area contributed by atoms with E-state index in [9.17, 15) is 10.0 Å². The van der Waals surface area contributed by atoms with Gasteiger partial charge in [0.15, 0.2) is 23.9 Å². The van der Waals surface area contributed by atoms with Crippen LogP contribution < -0.4 is 19.1 Å². The molecule has 108 valence electrons. The van der Waals surface area contributed by atoms with Gasteiger partial charge < -0.3 is 19.6 Å². The summed E-state index contributed by atoms with van der Waals surface area (Å²) in [4.78, 5) is 14.0. The summed E-state index contributed by atoms with van der Waals surface area (Å²) in [5.41, 5.74) is 1.97. The largest absolute Gasteiger partial charge is 0.619 e. The van der Waals surface area contributed by atoms with Crippen LogP contribution in [-0.2, 0) is 6.54 Å². The predicted octanol–water partition coefficient (Wildman–Crippen LogP) is 1.50. The Bertz CT molecular complexity index is 715. The zero-order valence-electron chi connectivity index (χ0n) is 11.7. The molecule has 1 aromatic carbocycles. The van der Waals surface area contributed by atoms with E-state index in [1.807, 2.05) is 0 Å². The maximum Gasteiger partial charge on any atom is 0.259 e. The van der Waals surface area contributed by atoms with Crippen molar-refractivity contribution in [3.8, 4) is 11.5 Å². The summed E-state index contributed by atoms with van der Waals surface area (Å²) in [6, 6.07) is 6.83. The van der Waals surface area contributed by atoms with Crippen molar-refractivity contribution in [2.24, 2.45) is 0 Å². The van der Waals surface area contributed by atoms with Gasteiger partial charge in [0.25, 0.3) is 5.91 Å². The van der Waals surface area contributed by atoms with Crippen molar-refractivity contribution in [1.82, 2.24) is 0 Å². The van der Waals surface area contributed by atoms with Crippen molar-refractivity contribution < 1.29 is 19.0 Å². The van der Waals surface area contributed by atoms with Crippen LogP contribution in [0.15, 0.2) is 36.7 Å². The lowest BCUT2D eigenvalue weighted by molar-refractivity contribution is -0.605. The average Bonchev–Trinajstić information content (AvgIpc) is 2.82. The van der Waals surface area contributed by atoms with Gasteiger partial charge in [-0.25, -0.2) is 0 Å². The molecule has 0 aliphatic carbocycles. The number of carbonyl (C=O) groups is 1. The molecule has 0 bridgehead atoms. The Morgan fingerprint density at radius 3 is 2.67 bits per heavy atom. The highest BCUT2D eigenvalue weighted by Crippen LogP contribution is 2.34. The molecule has 1 aliphatic heterocycles. The Kier molecular flexibility index (Phi) is 3.13. The number of carbonyl (C=O) groups excluding carboxylic acids is 1. The van der Waals surface area contributed by atoms with Gasteiger partial charge in [0.05, 0.1) is 26.3 Å². The molecule has 0 fully saturated rings. The van der Waals surface area contributed by atoms with E-state index in [1.54, 1.807) is 43.4 Å². The van der Waals surface area contributed by atoms with Gasteiger partial charge in [0.2, 0.25) is 0 Å². The molecule has 0 unspecified atom stereocenters. The second kappa shape index (κ2) is 4.97. The fourth-order valence-corrected chi connectivity index (χ4v) is 2.44. The van der Waals surface area contributed by atoms with Crippen LogP contribution in [0.1, 0.15) is 15.9 Å². The lowest BCUT2D eigenvalue weighted by atomic mass is 10.2. The number of hydrogen-bond donors (Lipinski definition) is 0. The molecular weight excluding hydrogens is 272 g/mol. The summed E-state index contributed by atoms with van der Waals surface area (Å²) < 4.78 is 11.1. The number of methoxy groups -OCH3 is 2. The highest BCUT2D eigenvalue weighted by Gasteiger charge is 2.30. The number of hydrogen-bond acceptors (Lipinski definition) is 4. The van der Waals surface area contributed by atoms with Crippen LogP contribution in [0.3, 0.4) is 0 Å². The van der Waals surface area contributed by atoms with Crippen LogP contribution >= 0.6 is 0 Å². The summed E-state index contributed by atoms with van der Waals surface area (Å²) >= 11 is 0. The first kappa shape index (κ1) is 13.2. The lowest BCUT2D eigenvalue weighted by Crippen LogP contribution is -2.25. The molecule has 1 aromatic heterocycles. The molecule has 6 nitrogen and oxygen atoms in total. The van der Waals surface area contributed by atoms with Gasteiger partial charge in [-0.2, -0.15) is 4.73 Å². The molecule has 0 N–H and O–H groups in total. The molecular formula is C15H14N2O4. The molecule has 6 heteroatoms. The summed E-state index contributed by atoms with van der Waals surface area (Å²) in [5, 5.41) is 11.3. The molecule has 0 atom stereocenters. The first-order chi connectivity index (χ1) is 10.1. The van der Waals surface area contributed by atoms with Gasteiger partial charge in [-0.3, -0.25) is 4.79 Å². The van der Waals surface area contributed by atoms with Gasteiger partial charge in [-0.15, -0.1) is 0 Å². The number of pyridine rings is 1. The molecule has 21 heavy (non-hydrogen) atoms. The molecule has 1 aliphatic rings. The van der Waals surface area contributed by atoms with Gasteiger partial charge in [0.1, 0.15) is 0 Å². The van der Waals surface area contributed by atoms with E-state index in [2.05, 4.69) is 0 Å². The molecule has 3 rings (SSSR count). The topological polar surface area (TPSA) is 65.7 Å². The van der Waals surface area contributed by atoms with Crippen LogP contribution in [-0.4, -0.2) is 20.1 Å². The van der Waals surface area contributed by atoms with Gasteiger partial charge in [-0.1, -0.05) is 0 Å². The predicted molar refractivity (Wildman–Crippen MR) is 75.5 cm³/mol. The average molecular weight is 286 g/mol. The Balaban J connectivity index is 1.98. The minimum atomic E-state index is -0.127. The Hall–Kier alpha value is -2.76. The number of ether oxygens (including phenoxy) is 2. The Morgan fingerprint density at radius 1 is 1.19 bits per heavy atom. The molecule has 0 radical (unpaired) electrons. The number of fused-ring (bicyclic) bond motifs is 1. The van der Waals surface area contributed by atoms with Crippen LogP contribution in [0, 0.1) is 5.21 Å². The van der Waals surface area contributed by atoms with Crippen molar-refractivity contribution in [2.75, 3.05) is 19.1 Å². The number of anilines is 1. The van der Waals surface area contributed by atoms with E-state index in [0.29, 0.717) is 39.6 Å². The molecule has 1 amide bonds. The minimum absolute atomic E-state index is 0.127. The van der Waals surface area contributed by atoms with Crippen molar-refractivity contribution in [1.29, 1.82) is 0 Å². The first-order valence-corrected chi connectivity index (χ1v) is 6.39. The molecule has 2 heterocycles. The van der Waals surface area contributed by atoms with E-state index >= 15 is 0 Å². The van der Waals surface area contributed by atoms with Crippen LogP contribution in [0.25, 0.3) is 0 Å². The highest BCUT2D eigenvalue weighted by molar-refractivity contribution is 6.09. The molecule has 2 aromatic rings. The summed E-state index contributed by atoms with van der Waals surface area (Å²) in [6.45, 7) is 0.368. The second-order valence-corrected chi connectivity index (χ2v) is 4.67. The first-order valence-electron chi connectivity index (χ1n) is 6.39. The number of aromatic nitrogens is 1. The Morgan fingerprint density at radius 2 is 1.95 bits per heavy atom. The number of benzene rings is 1. The third kappa shape index (κ3) is 2.14. The van der Waals surface area contributed by atoms with Crippen LogP contribution in [0.4, 0.5) is 5.69 Å². The fourth-order valence-electron chi connectivity index (χ4n) is 2.44. The highest BCUT2D eigenvalue weighted by atomic mass is 16.5. The van der Waals surface area contributed by atoms with E-state index in [-0.39, 0.29) is 5.91 Å². The second-order valence-electron chi connectivity index (χ2n) is 4.67. The minimum Gasteiger partial charge on any atom is -0.619 e. The SMILES string of the molecule is COc1ccc(N2Cc3c[n+]([O-])ccc3C2=O)cc1OC. The summed E-state index contributed by atoms with van der Waals surface area (Å²) in [7, 11) is 3.10. The van der Waals surface area contributed by atoms with Crippen molar-refractivity contribution in [3.05, 3.63) is 53.0 Å². The van der Waals surface area contributed by atoms with Crippen LogP contribution in [0.5, 0.6) is 11.5 Å². The van der Waals surface area contributed by atoms with Crippen molar-refractivity contribution in [3.63, 3.8) is 0 Å². The van der Waals surface area contributed by atoms with Crippen molar-refractivity contribution >= 4 is 11.6 Å². The standard InChI is InChI=1S/C15H14N2O4/c1-20-13-4-3-11(7-14(13)21-2)17-9-10-8-16(19)6-5-12(10)15(17)18/h3-8H,9H2,1-2H3. The quantitative estimate of drug-likeness (QED) is 0.633. The smallest absolute Gasteiger partial charge is 0.259 e. The monoisotopic (exact) mass is 286 g/mol. The maximum absolute atomic E-state index is 12.4. The van der Waals surface area contributed by atoms with Crippen molar-refractivity contribution in [2.45, 2.75) is 6.54 Å². The molecule has 0 saturated heterocycles. The number of rotatable bonds is 3. The van der Waals surface area contributed by atoms with E-state index < -0.39 is 0 Å². The van der Waals surface area contributed by atoms with E-state index in [1.165, 1.54) is 12.4 Å².